The van der Waals surface area contributed by atoms with E-state index in [1.54, 1.807) is 18.7 Å². The lowest BCUT2D eigenvalue weighted by Gasteiger charge is -2.35. The number of benzene rings is 1. The minimum Gasteiger partial charge on any atom is -0.342 e. The van der Waals surface area contributed by atoms with Gasteiger partial charge in [-0.2, -0.15) is 13.2 Å². The van der Waals surface area contributed by atoms with Crippen LogP contribution in [0.3, 0.4) is 0 Å². The number of hydrogen-bond acceptors (Lipinski definition) is 4. The monoisotopic (exact) mass is 415 g/mol. The molecular formula is C19H24F3N3O4. The Labute approximate surface area is 166 Å². The van der Waals surface area contributed by atoms with Crippen LogP contribution < -0.4 is 0 Å². The third kappa shape index (κ3) is 6.16. The van der Waals surface area contributed by atoms with E-state index >= 15 is 0 Å². The Morgan fingerprint density at radius 3 is 2.34 bits per heavy atom. The van der Waals surface area contributed by atoms with Crippen LogP contribution in [0.5, 0.6) is 0 Å². The second kappa shape index (κ2) is 9.23. The van der Waals surface area contributed by atoms with Crippen molar-refractivity contribution in [3.8, 4) is 0 Å². The number of alkyl halides is 3. The summed E-state index contributed by atoms with van der Waals surface area (Å²) in [7, 11) is 0. The standard InChI is InChI=1S/C19H24F3N3O4/c1-13(2)17(26)23-9-7-14(8-10-23)18(27)24(12-19(20,21)22)11-15-5-3-4-6-16(15)25(28)29/h3-6,13-14H,7-12H2,1-2H3. The van der Waals surface area contributed by atoms with Crippen molar-refractivity contribution in [3.63, 3.8) is 0 Å². The van der Waals surface area contributed by atoms with Gasteiger partial charge in [0.15, 0.2) is 0 Å². The maximum absolute atomic E-state index is 13.1. The van der Waals surface area contributed by atoms with Gasteiger partial charge >= 0.3 is 6.18 Å². The zero-order valence-electron chi connectivity index (χ0n) is 16.3. The van der Waals surface area contributed by atoms with E-state index < -0.39 is 36.0 Å². The molecule has 29 heavy (non-hydrogen) atoms. The van der Waals surface area contributed by atoms with Gasteiger partial charge in [0.2, 0.25) is 11.8 Å². The number of piperidine rings is 1. The molecule has 0 atom stereocenters. The Morgan fingerprint density at radius 2 is 1.83 bits per heavy atom. The van der Waals surface area contributed by atoms with E-state index in [0.29, 0.717) is 18.0 Å². The van der Waals surface area contributed by atoms with Crippen LogP contribution in [0.15, 0.2) is 24.3 Å². The molecule has 2 amide bonds. The van der Waals surface area contributed by atoms with Gasteiger partial charge in [0, 0.05) is 36.6 Å². The van der Waals surface area contributed by atoms with E-state index in [4.69, 9.17) is 0 Å². The number of carbonyl (C=O) groups is 2. The first-order chi connectivity index (χ1) is 13.5. The number of rotatable bonds is 6. The highest BCUT2D eigenvalue weighted by atomic mass is 19.4. The van der Waals surface area contributed by atoms with Crippen LogP contribution in [0.1, 0.15) is 32.3 Å². The van der Waals surface area contributed by atoms with E-state index in [1.165, 1.54) is 24.3 Å². The summed E-state index contributed by atoms with van der Waals surface area (Å²) in [5.41, 5.74) is -0.285. The van der Waals surface area contributed by atoms with E-state index in [-0.39, 0.29) is 35.9 Å². The van der Waals surface area contributed by atoms with Gasteiger partial charge in [-0.25, -0.2) is 0 Å². The molecule has 0 N–H and O–H groups in total. The Hall–Kier alpha value is -2.65. The summed E-state index contributed by atoms with van der Waals surface area (Å²) < 4.78 is 39.2. The Kier molecular flexibility index (Phi) is 7.21. The number of likely N-dealkylation sites (tertiary alicyclic amines) is 1. The van der Waals surface area contributed by atoms with Crippen LogP contribution in [-0.4, -0.2) is 52.3 Å². The number of carbonyl (C=O) groups excluding carboxylic acids is 2. The summed E-state index contributed by atoms with van der Waals surface area (Å²) in [6, 6.07) is 5.44. The average Bonchev–Trinajstić information content (AvgIpc) is 2.65. The SMILES string of the molecule is CC(C)C(=O)N1CCC(C(=O)N(Cc2ccccc2[N+](=O)[O-])CC(F)(F)F)CC1. The van der Waals surface area contributed by atoms with Gasteiger partial charge in [0.25, 0.3) is 5.69 Å². The van der Waals surface area contributed by atoms with Gasteiger partial charge < -0.3 is 9.80 Å². The lowest BCUT2D eigenvalue weighted by atomic mass is 9.94. The molecule has 1 heterocycles. The van der Waals surface area contributed by atoms with Crippen LogP contribution in [0.4, 0.5) is 18.9 Å². The summed E-state index contributed by atoms with van der Waals surface area (Å²) in [4.78, 5) is 37.6. The van der Waals surface area contributed by atoms with Crippen molar-refractivity contribution in [2.75, 3.05) is 19.6 Å². The second-order valence-electron chi connectivity index (χ2n) is 7.45. The summed E-state index contributed by atoms with van der Waals surface area (Å²) in [5, 5.41) is 11.2. The topological polar surface area (TPSA) is 83.8 Å². The van der Waals surface area contributed by atoms with E-state index in [1.807, 2.05) is 0 Å². The van der Waals surface area contributed by atoms with Gasteiger partial charge in [0.05, 0.1) is 11.5 Å². The Morgan fingerprint density at radius 1 is 1.24 bits per heavy atom. The van der Waals surface area contributed by atoms with Crippen molar-refractivity contribution in [1.29, 1.82) is 0 Å². The molecule has 1 fully saturated rings. The maximum atomic E-state index is 13.1. The zero-order valence-corrected chi connectivity index (χ0v) is 16.3. The lowest BCUT2D eigenvalue weighted by molar-refractivity contribution is -0.385. The molecule has 0 unspecified atom stereocenters. The molecule has 0 spiro atoms. The molecular weight excluding hydrogens is 391 g/mol. The lowest BCUT2D eigenvalue weighted by Crippen LogP contribution is -2.47. The molecule has 1 saturated heterocycles. The Balaban J connectivity index is 2.15. The molecule has 1 aliphatic heterocycles. The molecule has 0 aliphatic carbocycles. The van der Waals surface area contributed by atoms with Crippen molar-refractivity contribution in [3.05, 3.63) is 39.9 Å². The normalized spacial score (nSPS) is 15.4. The van der Waals surface area contributed by atoms with E-state index in [0.717, 1.165) is 0 Å². The number of nitro benzene ring substituents is 1. The number of nitro groups is 1. The molecule has 1 aromatic rings. The third-order valence-electron chi connectivity index (χ3n) is 4.88. The molecule has 0 saturated carbocycles. The van der Waals surface area contributed by atoms with Crippen molar-refractivity contribution in [2.24, 2.45) is 11.8 Å². The highest BCUT2D eigenvalue weighted by molar-refractivity contribution is 5.81. The number of amides is 2. The van der Waals surface area contributed by atoms with E-state index in [9.17, 15) is 32.9 Å². The maximum Gasteiger partial charge on any atom is 0.406 e. The summed E-state index contributed by atoms with van der Waals surface area (Å²) in [6.07, 6.45) is -4.10. The molecule has 2 rings (SSSR count). The number of hydrogen-bond donors (Lipinski definition) is 0. The molecule has 10 heteroatoms. The number of halogens is 3. The largest absolute Gasteiger partial charge is 0.406 e. The quantitative estimate of drug-likeness (QED) is 0.527. The molecule has 7 nitrogen and oxygen atoms in total. The predicted molar refractivity (Wildman–Crippen MR) is 98.7 cm³/mol. The molecule has 1 aromatic carbocycles. The van der Waals surface area contributed by atoms with Gasteiger partial charge in [0.1, 0.15) is 6.54 Å². The second-order valence-corrected chi connectivity index (χ2v) is 7.45. The fourth-order valence-electron chi connectivity index (χ4n) is 3.43. The zero-order chi connectivity index (χ0) is 21.8. The van der Waals surface area contributed by atoms with Crippen molar-refractivity contribution in [1.82, 2.24) is 9.80 Å². The first kappa shape index (κ1) is 22.6. The molecule has 1 aliphatic rings. The molecule has 0 aromatic heterocycles. The van der Waals surface area contributed by atoms with Crippen molar-refractivity contribution < 1.29 is 27.7 Å². The summed E-state index contributed by atoms with van der Waals surface area (Å²) >= 11 is 0. The van der Waals surface area contributed by atoms with Gasteiger partial charge in [-0.05, 0) is 12.8 Å². The van der Waals surface area contributed by atoms with Crippen LogP contribution in [0, 0.1) is 22.0 Å². The fourth-order valence-corrected chi connectivity index (χ4v) is 3.43. The number of nitrogens with zero attached hydrogens (tertiary/aromatic N) is 3. The first-order valence-electron chi connectivity index (χ1n) is 9.36. The number of para-hydroxylation sites is 1. The smallest absolute Gasteiger partial charge is 0.342 e. The fraction of sp³-hybridized carbons (Fsp3) is 0.579. The minimum absolute atomic E-state index is 0.0440. The van der Waals surface area contributed by atoms with Crippen molar-refractivity contribution in [2.45, 2.75) is 39.4 Å². The molecule has 160 valence electrons. The summed E-state index contributed by atoms with van der Waals surface area (Å²) in [6.45, 7) is 2.15. The third-order valence-corrected chi connectivity index (χ3v) is 4.88. The van der Waals surface area contributed by atoms with Crippen molar-refractivity contribution >= 4 is 17.5 Å². The highest BCUT2D eigenvalue weighted by Gasteiger charge is 2.37. The van der Waals surface area contributed by atoms with Crippen LogP contribution in [0.25, 0.3) is 0 Å². The minimum atomic E-state index is -4.63. The van der Waals surface area contributed by atoms with Crippen LogP contribution in [0.2, 0.25) is 0 Å². The highest BCUT2D eigenvalue weighted by Crippen LogP contribution is 2.27. The van der Waals surface area contributed by atoms with Crippen LogP contribution in [-0.2, 0) is 16.1 Å². The van der Waals surface area contributed by atoms with E-state index in [2.05, 4.69) is 0 Å². The van der Waals surface area contributed by atoms with Gasteiger partial charge in [-0.3, -0.25) is 19.7 Å². The Bertz CT molecular complexity index is 759. The predicted octanol–water partition coefficient (Wildman–Crippen LogP) is 3.38. The van der Waals surface area contributed by atoms with Gasteiger partial charge in [-0.1, -0.05) is 32.0 Å². The summed E-state index contributed by atoms with van der Waals surface area (Å²) in [5.74, 6) is -1.60. The average molecular weight is 415 g/mol. The molecule has 0 radical (unpaired) electrons. The first-order valence-corrected chi connectivity index (χ1v) is 9.36. The van der Waals surface area contributed by atoms with Crippen LogP contribution >= 0.6 is 0 Å². The molecule has 0 bridgehead atoms. The van der Waals surface area contributed by atoms with Gasteiger partial charge in [-0.15, -0.1) is 0 Å².